The SMILES string of the molecule is COC(=O)C(=O)N1CCN(c2cc(S(=O)(=O)N(C)CCc3ccc(OC)c(OC)c3)ccc2OC)CC1. The van der Waals surface area contributed by atoms with E-state index in [1.165, 1.54) is 29.4 Å². The smallest absolute Gasteiger partial charge is 0.396 e. The van der Waals surface area contributed by atoms with Gasteiger partial charge in [-0.25, -0.2) is 17.5 Å². The largest absolute Gasteiger partial charge is 0.495 e. The first-order chi connectivity index (χ1) is 17.7. The van der Waals surface area contributed by atoms with E-state index in [0.717, 1.165) is 12.7 Å². The van der Waals surface area contributed by atoms with Crippen LogP contribution in [0.4, 0.5) is 5.69 Å². The van der Waals surface area contributed by atoms with Crippen LogP contribution in [-0.4, -0.2) is 97.7 Å². The highest BCUT2D eigenvalue weighted by atomic mass is 32.2. The fourth-order valence-electron chi connectivity index (χ4n) is 4.07. The first-order valence-electron chi connectivity index (χ1n) is 11.6. The van der Waals surface area contributed by atoms with Crippen LogP contribution < -0.4 is 19.1 Å². The maximum Gasteiger partial charge on any atom is 0.396 e. The van der Waals surface area contributed by atoms with Crippen molar-refractivity contribution in [3.05, 3.63) is 42.0 Å². The molecule has 1 amide bonds. The summed E-state index contributed by atoms with van der Waals surface area (Å²) in [6.07, 6.45) is 0.481. The number of hydrogen-bond donors (Lipinski definition) is 0. The highest BCUT2D eigenvalue weighted by Gasteiger charge is 2.29. The summed E-state index contributed by atoms with van der Waals surface area (Å²) in [5.41, 5.74) is 1.51. The molecule has 2 aromatic carbocycles. The van der Waals surface area contributed by atoms with Crippen LogP contribution in [-0.2, 0) is 30.8 Å². The summed E-state index contributed by atoms with van der Waals surface area (Å²) in [6, 6.07) is 10.2. The van der Waals surface area contributed by atoms with Crippen molar-refractivity contribution < 1.29 is 37.0 Å². The van der Waals surface area contributed by atoms with E-state index in [1.54, 1.807) is 32.4 Å². The minimum Gasteiger partial charge on any atom is -0.495 e. The van der Waals surface area contributed by atoms with Crippen molar-refractivity contribution in [2.75, 3.05) is 73.1 Å². The number of nitrogens with zero attached hydrogens (tertiary/aromatic N) is 3. The molecule has 1 heterocycles. The van der Waals surface area contributed by atoms with Crippen LogP contribution in [0, 0.1) is 0 Å². The summed E-state index contributed by atoms with van der Waals surface area (Å²) in [7, 11) is 3.53. The second-order valence-corrected chi connectivity index (χ2v) is 10.4. The lowest BCUT2D eigenvalue weighted by Gasteiger charge is -2.36. The van der Waals surface area contributed by atoms with Crippen molar-refractivity contribution in [2.45, 2.75) is 11.3 Å². The van der Waals surface area contributed by atoms with Crippen molar-refractivity contribution in [1.29, 1.82) is 0 Å². The Hall–Kier alpha value is -3.51. The zero-order chi connectivity index (χ0) is 27.2. The van der Waals surface area contributed by atoms with Crippen LogP contribution in [0.25, 0.3) is 0 Å². The Morgan fingerprint density at radius 3 is 2.08 bits per heavy atom. The van der Waals surface area contributed by atoms with Crippen LogP contribution in [0.15, 0.2) is 41.3 Å². The Morgan fingerprint density at radius 1 is 0.865 bits per heavy atom. The van der Waals surface area contributed by atoms with Gasteiger partial charge >= 0.3 is 11.9 Å². The minimum atomic E-state index is -3.79. The third-order valence-electron chi connectivity index (χ3n) is 6.29. The standard InChI is InChI=1S/C25H33N3O8S/c1-26(11-10-18-6-8-22(34-3)23(16-18)35-4)37(31,32)19-7-9-21(33-2)20(17-19)27-12-14-28(15-13-27)24(29)25(30)36-5/h6-9,16-17H,10-15H2,1-5H3. The molecule has 1 fully saturated rings. The number of likely N-dealkylation sites (N-methyl/N-ethyl adjacent to an activating group) is 1. The van der Waals surface area contributed by atoms with E-state index in [9.17, 15) is 18.0 Å². The van der Waals surface area contributed by atoms with Gasteiger partial charge in [0.2, 0.25) is 10.0 Å². The van der Waals surface area contributed by atoms with Crippen molar-refractivity contribution in [3.8, 4) is 17.2 Å². The van der Waals surface area contributed by atoms with Crippen LogP contribution >= 0.6 is 0 Å². The van der Waals surface area contributed by atoms with E-state index in [4.69, 9.17) is 14.2 Å². The van der Waals surface area contributed by atoms with Gasteiger partial charge in [0, 0.05) is 39.8 Å². The molecule has 2 aromatic rings. The average molecular weight is 536 g/mol. The molecular formula is C25H33N3O8S. The Morgan fingerprint density at radius 2 is 1.49 bits per heavy atom. The maximum atomic E-state index is 13.4. The number of anilines is 1. The molecule has 12 heteroatoms. The Balaban J connectivity index is 1.74. The number of benzene rings is 2. The van der Waals surface area contributed by atoms with Gasteiger partial charge in [-0.05, 0) is 42.3 Å². The van der Waals surface area contributed by atoms with Gasteiger partial charge in [0.05, 0.1) is 39.0 Å². The van der Waals surface area contributed by atoms with E-state index >= 15 is 0 Å². The van der Waals surface area contributed by atoms with Gasteiger partial charge in [-0.3, -0.25) is 4.79 Å². The van der Waals surface area contributed by atoms with Gasteiger partial charge in [-0.2, -0.15) is 0 Å². The van der Waals surface area contributed by atoms with E-state index in [-0.39, 0.29) is 11.4 Å². The zero-order valence-corrected chi connectivity index (χ0v) is 22.5. The van der Waals surface area contributed by atoms with Crippen molar-refractivity contribution in [3.63, 3.8) is 0 Å². The first kappa shape index (κ1) is 28.1. The number of methoxy groups -OCH3 is 4. The van der Waals surface area contributed by atoms with Gasteiger partial charge in [-0.1, -0.05) is 6.07 Å². The summed E-state index contributed by atoms with van der Waals surface area (Å²) >= 11 is 0. The molecule has 3 rings (SSSR count). The quantitative estimate of drug-likeness (QED) is 0.347. The Bertz CT molecular complexity index is 1230. The second-order valence-electron chi connectivity index (χ2n) is 8.37. The van der Waals surface area contributed by atoms with Gasteiger partial charge in [0.15, 0.2) is 11.5 Å². The van der Waals surface area contributed by atoms with E-state index in [2.05, 4.69) is 4.74 Å². The first-order valence-corrected chi connectivity index (χ1v) is 13.1. The predicted molar refractivity (Wildman–Crippen MR) is 137 cm³/mol. The van der Waals surface area contributed by atoms with E-state index < -0.39 is 21.9 Å². The fraction of sp³-hybridized carbons (Fsp3) is 0.440. The summed E-state index contributed by atoms with van der Waals surface area (Å²) in [4.78, 5) is 27.1. The third kappa shape index (κ3) is 6.25. The molecule has 202 valence electrons. The summed E-state index contributed by atoms with van der Waals surface area (Å²) in [5, 5.41) is 0. The molecule has 0 bridgehead atoms. The summed E-state index contributed by atoms with van der Waals surface area (Å²) in [5.74, 6) is 0.101. The van der Waals surface area contributed by atoms with Crippen molar-refractivity contribution >= 4 is 27.6 Å². The molecule has 0 radical (unpaired) electrons. The van der Waals surface area contributed by atoms with Gasteiger partial charge in [0.1, 0.15) is 5.75 Å². The highest BCUT2D eigenvalue weighted by Crippen LogP contribution is 2.33. The van der Waals surface area contributed by atoms with Gasteiger partial charge in [0.25, 0.3) is 0 Å². The Kier molecular flexibility index (Phi) is 9.22. The number of rotatable bonds is 9. The summed E-state index contributed by atoms with van der Waals surface area (Å²) in [6.45, 7) is 1.64. The number of sulfonamides is 1. The van der Waals surface area contributed by atoms with Crippen molar-refractivity contribution in [2.24, 2.45) is 0 Å². The number of amides is 1. The van der Waals surface area contributed by atoms with E-state index in [1.807, 2.05) is 17.0 Å². The fourth-order valence-corrected chi connectivity index (χ4v) is 5.26. The molecule has 0 unspecified atom stereocenters. The lowest BCUT2D eigenvalue weighted by atomic mass is 10.1. The average Bonchev–Trinajstić information content (AvgIpc) is 2.94. The molecule has 0 N–H and O–H groups in total. The minimum absolute atomic E-state index is 0.131. The molecule has 0 atom stereocenters. The maximum absolute atomic E-state index is 13.4. The number of carbonyl (C=O) groups is 2. The second kappa shape index (κ2) is 12.2. The van der Waals surface area contributed by atoms with Gasteiger partial charge < -0.3 is 28.7 Å². The number of hydrogen-bond acceptors (Lipinski definition) is 9. The van der Waals surface area contributed by atoms with Gasteiger partial charge in [-0.15, -0.1) is 0 Å². The van der Waals surface area contributed by atoms with E-state index in [0.29, 0.717) is 55.5 Å². The molecule has 0 saturated carbocycles. The number of ether oxygens (including phenoxy) is 4. The monoisotopic (exact) mass is 535 g/mol. The molecule has 37 heavy (non-hydrogen) atoms. The van der Waals surface area contributed by atoms with Crippen LogP contribution in [0.5, 0.6) is 17.2 Å². The predicted octanol–water partition coefficient (Wildman–Crippen LogP) is 1.40. The lowest BCUT2D eigenvalue weighted by molar-refractivity contribution is -0.158. The third-order valence-corrected chi connectivity index (χ3v) is 8.14. The molecule has 0 spiro atoms. The van der Waals surface area contributed by atoms with Crippen LogP contribution in [0.2, 0.25) is 0 Å². The van der Waals surface area contributed by atoms with Crippen molar-refractivity contribution in [1.82, 2.24) is 9.21 Å². The lowest BCUT2D eigenvalue weighted by Crippen LogP contribution is -2.51. The number of carbonyl (C=O) groups excluding carboxylic acids is 2. The summed E-state index contributed by atoms with van der Waals surface area (Å²) < 4.78 is 48.6. The zero-order valence-electron chi connectivity index (χ0n) is 21.7. The molecule has 1 aliphatic heterocycles. The molecule has 11 nitrogen and oxygen atoms in total. The molecule has 1 aliphatic rings. The normalized spacial score (nSPS) is 13.9. The molecule has 0 aliphatic carbocycles. The topological polar surface area (TPSA) is 115 Å². The van der Waals surface area contributed by atoms with Crippen LogP contribution in [0.1, 0.15) is 5.56 Å². The Labute approximate surface area is 217 Å². The molecule has 0 aromatic heterocycles. The molecular weight excluding hydrogens is 502 g/mol. The number of piperazine rings is 1. The van der Waals surface area contributed by atoms with Crippen LogP contribution in [0.3, 0.4) is 0 Å². The highest BCUT2D eigenvalue weighted by molar-refractivity contribution is 7.89. The number of esters is 1. The molecule has 1 saturated heterocycles.